The molecular weight excluding hydrogens is 318 g/mol. The molecule has 0 unspecified atom stereocenters. The molecule has 1 aliphatic rings. The van der Waals surface area contributed by atoms with Crippen LogP contribution in [0.4, 0.5) is 0 Å². The Labute approximate surface area is 148 Å². The number of carbonyl (C=O) groups excluding carboxylic acids is 1. The molecule has 0 aliphatic heterocycles. The van der Waals surface area contributed by atoms with Crippen molar-refractivity contribution in [1.82, 2.24) is 14.5 Å². The highest BCUT2D eigenvalue weighted by Gasteiger charge is 2.33. The van der Waals surface area contributed by atoms with E-state index >= 15 is 0 Å². The maximum atomic E-state index is 12.5. The second kappa shape index (κ2) is 8.16. The third kappa shape index (κ3) is 4.60. The third-order valence-electron chi connectivity index (χ3n) is 4.42. The van der Waals surface area contributed by atoms with Gasteiger partial charge in [0.05, 0.1) is 20.3 Å². The van der Waals surface area contributed by atoms with E-state index < -0.39 is 0 Å². The molecule has 1 aromatic carbocycles. The van der Waals surface area contributed by atoms with Gasteiger partial charge in [0.1, 0.15) is 11.6 Å². The molecule has 0 atom stereocenters. The molecule has 0 bridgehead atoms. The number of carbonyl (C=O) groups is 1. The number of aromatic nitrogens is 2. The highest BCUT2D eigenvalue weighted by molar-refractivity contribution is 5.81. The molecule has 0 saturated heterocycles. The summed E-state index contributed by atoms with van der Waals surface area (Å²) in [6, 6.07) is 7.98. The van der Waals surface area contributed by atoms with E-state index in [0.29, 0.717) is 26.2 Å². The van der Waals surface area contributed by atoms with Crippen LogP contribution in [-0.4, -0.2) is 47.7 Å². The lowest BCUT2D eigenvalue weighted by Crippen LogP contribution is -2.35. The predicted molar refractivity (Wildman–Crippen MR) is 94.3 cm³/mol. The number of imidazole rings is 1. The van der Waals surface area contributed by atoms with Gasteiger partial charge in [0.2, 0.25) is 5.91 Å². The van der Waals surface area contributed by atoms with Crippen LogP contribution in [0.1, 0.15) is 24.2 Å². The van der Waals surface area contributed by atoms with E-state index in [-0.39, 0.29) is 11.8 Å². The summed E-state index contributed by atoms with van der Waals surface area (Å²) >= 11 is 0. The molecule has 1 saturated carbocycles. The summed E-state index contributed by atoms with van der Waals surface area (Å²) in [6.45, 7) is 2.34. The average Bonchev–Trinajstić information content (AvgIpc) is 3.40. The molecule has 1 heterocycles. The maximum absolute atomic E-state index is 12.5. The molecule has 0 N–H and O–H groups in total. The fourth-order valence-corrected chi connectivity index (χ4v) is 2.83. The predicted octanol–water partition coefficient (Wildman–Crippen LogP) is 2.33. The minimum atomic E-state index is 0.193. The fraction of sp³-hybridized carbons (Fsp3) is 0.474. The highest BCUT2D eigenvalue weighted by Crippen LogP contribution is 2.31. The molecule has 1 fully saturated rings. The number of ether oxygens (including phenoxy) is 2. The van der Waals surface area contributed by atoms with Crippen molar-refractivity contribution in [1.29, 1.82) is 0 Å². The van der Waals surface area contributed by atoms with Crippen molar-refractivity contribution in [2.24, 2.45) is 5.92 Å². The van der Waals surface area contributed by atoms with E-state index in [1.807, 2.05) is 29.3 Å². The number of nitrogens with zero attached hydrogens (tertiary/aromatic N) is 3. The van der Waals surface area contributed by atoms with Crippen LogP contribution in [0.2, 0.25) is 0 Å². The summed E-state index contributed by atoms with van der Waals surface area (Å²) in [5, 5.41) is 0. The number of methoxy groups -OCH3 is 2. The molecule has 1 amide bonds. The summed E-state index contributed by atoms with van der Waals surface area (Å²) < 4.78 is 12.5. The van der Waals surface area contributed by atoms with Gasteiger partial charge in [-0.25, -0.2) is 4.98 Å². The average molecular weight is 343 g/mol. The van der Waals surface area contributed by atoms with Gasteiger partial charge in [-0.2, -0.15) is 0 Å². The van der Waals surface area contributed by atoms with Crippen LogP contribution in [0.15, 0.2) is 36.7 Å². The molecule has 6 heteroatoms. The normalized spacial score (nSPS) is 13.7. The van der Waals surface area contributed by atoms with Crippen molar-refractivity contribution < 1.29 is 14.3 Å². The van der Waals surface area contributed by atoms with Gasteiger partial charge in [-0.3, -0.25) is 4.79 Å². The summed E-state index contributed by atoms with van der Waals surface area (Å²) in [4.78, 5) is 18.8. The number of rotatable bonds is 9. The zero-order valence-electron chi connectivity index (χ0n) is 14.9. The lowest BCUT2D eigenvalue weighted by atomic mass is 10.2. The Morgan fingerprint density at radius 3 is 2.92 bits per heavy atom. The Kier molecular flexibility index (Phi) is 5.71. The lowest BCUT2D eigenvalue weighted by molar-refractivity contribution is -0.134. The topological polar surface area (TPSA) is 56.6 Å². The Balaban J connectivity index is 1.71. The van der Waals surface area contributed by atoms with E-state index in [0.717, 1.165) is 30.0 Å². The molecule has 0 radical (unpaired) electrons. The van der Waals surface area contributed by atoms with Gasteiger partial charge in [0, 0.05) is 38.5 Å². The smallest absolute Gasteiger partial charge is 0.226 e. The number of amides is 1. The van der Waals surface area contributed by atoms with Gasteiger partial charge in [-0.15, -0.1) is 0 Å². The van der Waals surface area contributed by atoms with E-state index in [4.69, 9.17) is 9.47 Å². The standard InChI is InChI=1S/C19H25N3O3/c1-24-11-10-22(19(23)16-6-7-16)14-18-20-8-9-21(18)13-15-4-3-5-17(12-15)25-2/h3-5,8-9,12,16H,6-7,10-11,13-14H2,1-2H3. The first-order valence-electron chi connectivity index (χ1n) is 8.62. The molecule has 25 heavy (non-hydrogen) atoms. The summed E-state index contributed by atoms with van der Waals surface area (Å²) in [5.74, 6) is 2.13. The SMILES string of the molecule is COCCN(Cc1nccn1Cc1cccc(OC)c1)C(=O)C1CC1. The zero-order valence-corrected chi connectivity index (χ0v) is 14.9. The van der Waals surface area contributed by atoms with Crippen LogP contribution in [0.3, 0.4) is 0 Å². The number of hydrogen-bond acceptors (Lipinski definition) is 4. The van der Waals surface area contributed by atoms with Gasteiger partial charge < -0.3 is 18.9 Å². The van der Waals surface area contributed by atoms with Crippen LogP contribution >= 0.6 is 0 Å². The molecule has 1 aromatic heterocycles. The highest BCUT2D eigenvalue weighted by atomic mass is 16.5. The summed E-state index contributed by atoms with van der Waals surface area (Å²) in [5.41, 5.74) is 1.13. The van der Waals surface area contributed by atoms with E-state index in [9.17, 15) is 4.79 Å². The minimum Gasteiger partial charge on any atom is -0.497 e. The summed E-state index contributed by atoms with van der Waals surface area (Å²) in [7, 11) is 3.32. The summed E-state index contributed by atoms with van der Waals surface area (Å²) in [6.07, 6.45) is 5.73. The molecule has 1 aliphatic carbocycles. The van der Waals surface area contributed by atoms with Crippen LogP contribution in [0, 0.1) is 5.92 Å². The quantitative estimate of drug-likeness (QED) is 0.701. The van der Waals surface area contributed by atoms with E-state index in [1.54, 1.807) is 20.4 Å². The van der Waals surface area contributed by atoms with Crippen molar-refractivity contribution >= 4 is 5.91 Å². The van der Waals surface area contributed by atoms with Crippen LogP contribution < -0.4 is 4.74 Å². The zero-order chi connectivity index (χ0) is 17.6. The molecule has 134 valence electrons. The molecule has 6 nitrogen and oxygen atoms in total. The fourth-order valence-electron chi connectivity index (χ4n) is 2.83. The number of benzene rings is 1. The Hall–Kier alpha value is -2.34. The van der Waals surface area contributed by atoms with Crippen molar-refractivity contribution in [2.45, 2.75) is 25.9 Å². The van der Waals surface area contributed by atoms with Crippen molar-refractivity contribution in [2.75, 3.05) is 27.4 Å². The molecule has 0 spiro atoms. The van der Waals surface area contributed by atoms with E-state index in [1.165, 1.54) is 0 Å². The van der Waals surface area contributed by atoms with Crippen molar-refractivity contribution in [3.8, 4) is 5.75 Å². The van der Waals surface area contributed by atoms with Gasteiger partial charge in [0.15, 0.2) is 0 Å². The maximum Gasteiger partial charge on any atom is 0.226 e. The van der Waals surface area contributed by atoms with Gasteiger partial charge >= 0.3 is 0 Å². The first-order valence-corrected chi connectivity index (χ1v) is 8.62. The largest absolute Gasteiger partial charge is 0.497 e. The number of hydrogen-bond donors (Lipinski definition) is 0. The Morgan fingerprint density at radius 1 is 1.36 bits per heavy atom. The second-order valence-electron chi connectivity index (χ2n) is 6.35. The minimum absolute atomic E-state index is 0.193. The lowest BCUT2D eigenvalue weighted by Gasteiger charge is -2.22. The van der Waals surface area contributed by atoms with Crippen molar-refractivity contribution in [3.63, 3.8) is 0 Å². The second-order valence-corrected chi connectivity index (χ2v) is 6.35. The van der Waals surface area contributed by atoms with Gasteiger partial charge in [-0.05, 0) is 30.5 Å². The van der Waals surface area contributed by atoms with E-state index in [2.05, 4.69) is 15.6 Å². The molecule has 3 rings (SSSR count). The van der Waals surface area contributed by atoms with Gasteiger partial charge in [0.25, 0.3) is 0 Å². The molecular formula is C19H25N3O3. The first-order chi connectivity index (χ1) is 12.2. The monoisotopic (exact) mass is 343 g/mol. The Bertz CT molecular complexity index is 709. The van der Waals surface area contributed by atoms with Crippen LogP contribution in [0.5, 0.6) is 5.75 Å². The third-order valence-corrected chi connectivity index (χ3v) is 4.42. The van der Waals surface area contributed by atoms with Crippen molar-refractivity contribution in [3.05, 3.63) is 48.0 Å². The molecule has 2 aromatic rings. The van der Waals surface area contributed by atoms with Gasteiger partial charge in [-0.1, -0.05) is 12.1 Å². The van der Waals surface area contributed by atoms with Crippen LogP contribution in [-0.2, 0) is 22.6 Å². The van der Waals surface area contributed by atoms with Crippen LogP contribution in [0.25, 0.3) is 0 Å². The first kappa shape index (κ1) is 17.5. The Morgan fingerprint density at radius 2 is 2.20 bits per heavy atom.